The number of hydrogen-bond donors (Lipinski definition) is 0. The lowest BCUT2D eigenvalue weighted by atomic mass is 10.2. The average Bonchev–Trinajstić information content (AvgIpc) is 2.97. The fourth-order valence-corrected chi connectivity index (χ4v) is 2.95. The van der Waals surface area contributed by atoms with Crippen molar-refractivity contribution in [2.45, 2.75) is 18.6 Å². The van der Waals surface area contributed by atoms with Crippen LogP contribution >= 0.6 is 0 Å². The van der Waals surface area contributed by atoms with Crippen molar-refractivity contribution in [3.8, 4) is 0 Å². The van der Waals surface area contributed by atoms with Crippen LogP contribution in [0.3, 0.4) is 0 Å². The summed E-state index contributed by atoms with van der Waals surface area (Å²) in [6.45, 7) is 4.74. The Morgan fingerprint density at radius 2 is 1.90 bits per heavy atom. The van der Waals surface area contributed by atoms with Crippen molar-refractivity contribution >= 4 is 5.82 Å². The van der Waals surface area contributed by atoms with Crippen LogP contribution in [0.15, 0.2) is 18.2 Å². The van der Waals surface area contributed by atoms with Crippen LogP contribution in [-0.2, 0) is 10.9 Å². The Bertz CT molecular complexity index is 489. The summed E-state index contributed by atoms with van der Waals surface area (Å²) in [5.74, 6) is 0.417. The zero-order valence-electron chi connectivity index (χ0n) is 11.6. The van der Waals surface area contributed by atoms with Crippen molar-refractivity contribution in [3.05, 3.63) is 23.9 Å². The Balaban J connectivity index is 1.68. The zero-order chi connectivity index (χ0) is 14.9. The summed E-state index contributed by atoms with van der Waals surface area (Å²) in [5, 5.41) is 0. The molecular weight excluding hydrogens is 283 g/mol. The molecule has 2 fully saturated rings. The van der Waals surface area contributed by atoms with Gasteiger partial charge in [0.1, 0.15) is 11.5 Å². The van der Waals surface area contributed by atoms with Crippen LogP contribution in [0, 0.1) is 0 Å². The van der Waals surface area contributed by atoms with Gasteiger partial charge in [-0.05, 0) is 18.6 Å². The molecule has 0 aliphatic carbocycles. The highest BCUT2D eigenvalue weighted by Gasteiger charge is 2.34. The minimum Gasteiger partial charge on any atom is -0.379 e. The summed E-state index contributed by atoms with van der Waals surface area (Å²) < 4.78 is 43.5. The molecule has 2 aliphatic heterocycles. The standard InChI is InChI=1S/C14H18F3N3O/c15-14(16,17)12-2-1-3-13(18-12)20-5-4-11(10-20)19-6-8-21-9-7-19/h1-3,11H,4-10H2. The minimum absolute atomic E-state index is 0.380. The van der Waals surface area contributed by atoms with Gasteiger partial charge in [-0.2, -0.15) is 13.2 Å². The van der Waals surface area contributed by atoms with E-state index < -0.39 is 11.9 Å². The van der Waals surface area contributed by atoms with Crippen molar-refractivity contribution in [1.82, 2.24) is 9.88 Å². The van der Waals surface area contributed by atoms with Crippen LogP contribution in [0.4, 0.5) is 19.0 Å². The first-order chi connectivity index (χ1) is 10.0. The molecule has 1 atom stereocenters. The van der Waals surface area contributed by atoms with E-state index in [9.17, 15) is 13.2 Å². The zero-order valence-corrected chi connectivity index (χ0v) is 11.6. The predicted octanol–water partition coefficient (Wildman–Crippen LogP) is 2.01. The molecule has 0 aromatic carbocycles. The van der Waals surface area contributed by atoms with E-state index in [0.29, 0.717) is 11.9 Å². The van der Waals surface area contributed by atoms with Crippen LogP contribution in [0.25, 0.3) is 0 Å². The molecule has 1 aromatic rings. The third-order valence-corrected chi connectivity index (χ3v) is 4.07. The smallest absolute Gasteiger partial charge is 0.379 e. The monoisotopic (exact) mass is 301 g/mol. The SMILES string of the molecule is FC(F)(F)c1cccc(N2CCC(N3CCOCC3)C2)n1. The van der Waals surface area contributed by atoms with E-state index in [1.54, 1.807) is 6.07 Å². The largest absolute Gasteiger partial charge is 0.433 e. The number of rotatable bonds is 2. The summed E-state index contributed by atoms with van der Waals surface area (Å²) in [4.78, 5) is 8.06. The predicted molar refractivity (Wildman–Crippen MR) is 72.2 cm³/mol. The Kier molecular flexibility index (Phi) is 4.03. The summed E-state index contributed by atoms with van der Waals surface area (Å²) in [6.07, 6.45) is -3.43. The quantitative estimate of drug-likeness (QED) is 0.835. The van der Waals surface area contributed by atoms with Gasteiger partial charge in [0.05, 0.1) is 13.2 Å². The summed E-state index contributed by atoms with van der Waals surface area (Å²) in [6, 6.07) is 4.47. The molecular formula is C14H18F3N3O. The normalized spacial score (nSPS) is 24.5. The number of aromatic nitrogens is 1. The number of ether oxygens (including phenoxy) is 1. The molecule has 3 rings (SSSR count). The molecule has 0 N–H and O–H groups in total. The molecule has 3 heterocycles. The van der Waals surface area contributed by atoms with Crippen molar-refractivity contribution in [1.29, 1.82) is 0 Å². The second-order valence-corrected chi connectivity index (χ2v) is 5.42. The lowest BCUT2D eigenvalue weighted by Crippen LogP contribution is -2.44. The third kappa shape index (κ3) is 3.29. The van der Waals surface area contributed by atoms with E-state index in [4.69, 9.17) is 4.74 Å². The molecule has 0 bridgehead atoms. The maximum absolute atomic E-state index is 12.7. The van der Waals surface area contributed by atoms with E-state index in [0.717, 1.165) is 51.9 Å². The van der Waals surface area contributed by atoms with E-state index in [1.807, 2.05) is 4.90 Å². The Morgan fingerprint density at radius 1 is 1.14 bits per heavy atom. The molecule has 2 saturated heterocycles. The number of pyridine rings is 1. The maximum atomic E-state index is 12.7. The van der Waals surface area contributed by atoms with E-state index in [-0.39, 0.29) is 0 Å². The van der Waals surface area contributed by atoms with Crippen LogP contribution in [-0.4, -0.2) is 55.3 Å². The average molecular weight is 301 g/mol. The number of hydrogen-bond acceptors (Lipinski definition) is 4. The summed E-state index contributed by atoms with van der Waals surface area (Å²) in [7, 11) is 0. The molecule has 4 nitrogen and oxygen atoms in total. The first kappa shape index (κ1) is 14.6. The first-order valence-corrected chi connectivity index (χ1v) is 7.15. The lowest BCUT2D eigenvalue weighted by Gasteiger charge is -2.32. The van der Waals surface area contributed by atoms with Crippen LogP contribution in [0.1, 0.15) is 12.1 Å². The highest BCUT2D eigenvalue weighted by Crippen LogP contribution is 2.30. The van der Waals surface area contributed by atoms with Gasteiger partial charge in [0.25, 0.3) is 0 Å². The Labute approximate surface area is 121 Å². The molecule has 116 valence electrons. The molecule has 0 saturated carbocycles. The Morgan fingerprint density at radius 3 is 2.62 bits per heavy atom. The second-order valence-electron chi connectivity index (χ2n) is 5.42. The van der Waals surface area contributed by atoms with Gasteiger partial charge in [0.15, 0.2) is 0 Å². The van der Waals surface area contributed by atoms with Gasteiger partial charge in [-0.3, -0.25) is 4.90 Å². The first-order valence-electron chi connectivity index (χ1n) is 7.15. The van der Waals surface area contributed by atoms with Crippen molar-refractivity contribution < 1.29 is 17.9 Å². The summed E-state index contributed by atoms with van der Waals surface area (Å²) >= 11 is 0. The van der Waals surface area contributed by atoms with Crippen molar-refractivity contribution in [2.75, 3.05) is 44.3 Å². The summed E-state index contributed by atoms with van der Waals surface area (Å²) in [5.41, 5.74) is -0.824. The molecule has 1 aromatic heterocycles. The number of anilines is 1. The second kappa shape index (κ2) is 5.81. The third-order valence-electron chi connectivity index (χ3n) is 4.07. The van der Waals surface area contributed by atoms with Gasteiger partial charge < -0.3 is 9.64 Å². The molecule has 0 spiro atoms. The van der Waals surface area contributed by atoms with Crippen LogP contribution in [0.5, 0.6) is 0 Å². The highest BCUT2D eigenvalue weighted by molar-refractivity contribution is 5.41. The van der Waals surface area contributed by atoms with Crippen LogP contribution in [0.2, 0.25) is 0 Å². The maximum Gasteiger partial charge on any atom is 0.433 e. The number of halogens is 3. The molecule has 7 heteroatoms. The van der Waals surface area contributed by atoms with Gasteiger partial charge in [-0.15, -0.1) is 0 Å². The van der Waals surface area contributed by atoms with E-state index >= 15 is 0 Å². The van der Waals surface area contributed by atoms with E-state index in [2.05, 4.69) is 9.88 Å². The fourth-order valence-electron chi connectivity index (χ4n) is 2.95. The fraction of sp³-hybridized carbons (Fsp3) is 0.643. The number of alkyl halides is 3. The van der Waals surface area contributed by atoms with Crippen molar-refractivity contribution in [2.24, 2.45) is 0 Å². The molecule has 21 heavy (non-hydrogen) atoms. The highest BCUT2D eigenvalue weighted by atomic mass is 19.4. The van der Waals surface area contributed by atoms with Gasteiger partial charge in [0.2, 0.25) is 0 Å². The molecule has 1 unspecified atom stereocenters. The molecule has 2 aliphatic rings. The number of nitrogens with zero attached hydrogens (tertiary/aromatic N) is 3. The molecule has 0 amide bonds. The van der Waals surface area contributed by atoms with Gasteiger partial charge in [-0.25, -0.2) is 4.98 Å². The molecule has 0 radical (unpaired) electrons. The van der Waals surface area contributed by atoms with Gasteiger partial charge in [0, 0.05) is 32.2 Å². The lowest BCUT2D eigenvalue weighted by molar-refractivity contribution is -0.141. The van der Waals surface area contributed by atoms with Crippen molar-refractivity contribution in [3.63, 3.8) is 0 Å². The van der Waals surface area contributed by atoms with E-state index in [1.165, 1.54) is 6.07 Å². The minimum atomic E-state index is -4.39. The van der Waals surface area contributed by atoms with Crippen LogP contribution < -0.4 is 4.90 Å². The van der Waals surface area contributed by atoms with Gasteiger partial charge >= 0.3 is 6.18 Å². The number of morpholine rings is 1. The Hall–Kier alpha value is -1.34. The topological polar surface area (TPSA) is 28.6 Å². The van der Waals surface area contributed by atoms with Gasteiger partial charge in [-0.1, -0.05) is 6.07 Å².